The van der Waals surface area contributed by atoms with Gasteiger partial charge in [0.2, 0.25) is 0 Å². The lowest BCUT2D eigenvalue weighted by molar-refractivity contribution is -0.139. The Morgan fingerprint density at radius 2 is 2.12 bits per heavy atom. The Balaban J connectivity index is 1.55. The summed E-state index contributed by atoms with van der Waals surface area (Å²) in [5.74, 6) is 1.35. The smallest absolute Gasteiger partial charge is 0.280 e. The average molecular weight is 351 g/mol. The van der Waals surface area contributed by atoms with E-state index in [0.29, 0.717) is 29.6 Å². The number of hydrogen-bond acceptors (Lipinski definition) is 4. The van der Waals surface area contributed by atoms with E-state index in [1.54, 1.807) is 36.1 Å². The van der Waals surface area contributed by atoms with Crippen LogP contribution in [-0.2, 0) is 4.79 Å². The van der Waals surface area contributed by atoms with Gasteiger partial charge in [-0.15, -0.1) is 0 Å². The molecule has 1 N–H and O–H groups in total. The van der Waals surface area contributed by atoms with E-state index in [9.17, 15) is 9.59 Å². The molecule has 1 aromatic carbocycles. The SMILES string of the molecule is CC(Oc1cccc(Cl)c1)C(=O)N1CCC(c2cc(=O)[nH]o2)CC1. The van der Waals surface area contributed by atoms with Crippen LogP contribution in [0.4, 0.5) is 0 Å². The van der Waals surface area contributed by atoms with Gasteiger partial charge in [-0.05, 0) is 38.0 Å². The number of likely N-dealkylation sites (tertiary alicyclic amines) is 1. The summed E-state index contributed by atoms with van der Waals surface area (Å²) in [5, 5.41) is 2.88. The molecule has 24 heavy (non-hydrogen) atoms. The quantitative estimate of drug-likeness (QED) is 0.920. The zero-order valence-corrected chi connectivity index (χ0v) is 14.1. The first kappa shape index (κ1) is 16.6. The minimum atomic E-state index is -0.579. The van der Waals surface area contributed by atoms with E-state index in [1.807, 2.05) is 0 Å². The van der Waals surface area contributed by atoms with Crippen LogP contribution in [0.25, 0.3) is 0 Å². The molecule has 1 aromatic heterocycles. The van der Waals surface area contributed by atoms with E-state index < -0.39 is 6.10 Å². The molecule has 0 aliphatic carbocycles. The van der Waals surface area contributed by atoms with E-state index >= 15 is 0 Å². The summed E-state index contributed by atoms with van der Waals surface area (Å²) in [7, 11) is 0. The molecule has 6 nitrogen and oxygen atoms in total. The first-order chi connectivity index (χ1) is 11.5. The number of benzene rings is 1. The Morgan fingerprint density at radius 1 is 1.38 bits per heavy atom. The van der Waals surface area contributed by atoms with Gasteiger partial charge in [0.1, 0.15) is 11.5 Å². The predicted octanol–water partition coefficient (Wildman–Crippen LogP) is 2.79. The van der Waals surface area contributed by atoms with Gasteiger partial charge >= 0.3 is 0 Å². The van der Waals surface area contributed by atoms with Crippen LogP contribution in [0.1, 0.15) is 31.4 Å². The zero-order valence-electron chi connectivity index (χ0n) is 13.3. The number of aromatic nitrogens is 1. The highest BCUT2D eigenvalue weighted by molar-refractivity contribution is 6.30. The van der Waals surface area contributed by atoms with Crippen LogP contribution in [0.2, 0.25) is 5.02 Å². The first-order valence-corrected chi connectivity index (χ1v) is 8.30. The summed E-state index contributed by atoms with van der Waals surface area (Å²) in [4.78, 5) is 25.5. The van der Waals surface area contributed by atoms with Crippen LogP contribution in [-0.4, -0.2) is 35.2 Å². The number of halogens is 1. The summed E-state index contributed by atoms with van der Waals surface area (Å²) in [6.07, 6.45) is 0.942. The minimum absolute atomic E-state index is 0.0519. The van der Waals surface area contributed by atoms with Crippen molar-refractivity contribution in [1.82, 2.24) is 10.1 Å². The normalized spacial score (nSPS) is 16.8. The Bertz CT molecular complexity index is 762. The molecule has 1 fully saturated rings. The monoisotopic (exact) mass is 350 g/mol. The molecule has 3 rings (SSSR count). The third kappa shape index (κ3) is 3.82. The number of piperidine rings is 1. The average Bonchev–Trinajstić information content (AvgIpc) is 3.01. The molecule has 1 aliphatic rings. The minimum Gasteiger partial charge on any atom is -0.481 e. The molecule has 1 saturated heterocycles. The fourth-order valence-electron chi connectivity index (χ4n) is 2.93. The van der Waals surface area contributed by atoms with Crippen molar-refractivity contribution in [2.45, 2.75) is 31.8 Å². The van der Waals surface area contributed by atoms with E-state index in [-0.39, 0.29) is 17.4 Å². The second-order valence-electron chi connectivity index (χ2n) is 5.93. The van der Waals surface area contributed by atoms with E-state index in [4.69, 9.17) is 20.9 Å². The number of ether oxygens (including phenoxy) is 1. The van der Waals surface area contributed by atoms with Crippen LogP contribution >= 0.6 is 11.6 Å². The fourth-order valence-corrected chi connectivity index (χ4v) is 3.12. The highest BCUT2D eigenvalue weighted by Gasteiger charge is 2.29. The van der Waals surface area contributed by atoms with Crippen molar-refractivity contribution < 1.29 is 14.1 Å². The van der Waals surface area contributed by atoms with E-state index in [1.165, 1.54) is 6.07 Å². The number of H-pyrrole nitrogens is 1. The van der Waals surface area contributed by atoms with Crippen molar-refractivity contribution in [2.24, 2.45) is 0 Å². The summed E-state index contributed by atoms with van der Waals surface area (Å²) in [6.45, 7) is 2.96. The van der Waals surface area contributed by atoms with Gasteiger partial charge in [-0.1, -0.05) is 17.7 Å². The zero-order chi connectivity index (χ0) is 17.1. The molecule has 0 bridgehead atoms. The summed E-state index contributed by atoms with van der Waals surface area (Å²) in [5.41, 5.74) is -0.230. The second-order valence-corrected chi connectivity index (χ2v) is 6.37. The highest BCUT2D eigenvalue weighted by atomic mass is 35.5. The Morgan fingerprint density at radius 3 is 2.75 bits per heavy atom. The number of hydrogen-bond donors (Lipinski definition) is 1. The summed E-state index contributed by atoms with van der Waals surface area (Å²) < 4.78 is 10.8. The molecule has 1 amide bonds. The number of aromatic amines is 1. The number of amides is 1. The van der Waals surface area contributed by atoms with Gasteiger partial charge in [0.25, 0.3) is 11.5 Å². The Hall–Kier alpha value is -2.21. The molecular weight excluding hydrogens is 332 g/mol. The molecule has 7 heteroatoms. The third-order valence-electron chi connectivity index (χ3n) is 4.21. The van der Waals surface area contributed by atoms with Crippen molar-refractivity contribution >= 4 is 17.5 Å². The van der Waals surface area contributed by atoms with Crippen molar-refractivity contribution in [3.63, 3.8) is 0 Å². The van der Waals surface area contributed by atoms with Crippen LogP contribution in [0.15, 0.2) is 39.6 Å². The van der Waals surface area contributed by atoms with Crippen molar-refractivity contribution in [3.8, 4) is 5.75 Å². The maximum absolute atomic E-state index is 12.5. The van der Waals surface area contributed by atoms with Crippen LogP contribution in [0.5, 0.6) is 5.75 Å². The highest BCUT2D eigenvalue weighted by Crippen LogP contribution is 2.27. The molecule has 128 valence electrons. The molecule has 0 radical (unpaired) electrons. The number of carbonyl (C=O) groups excluding carboxylic acids is 1. The summed E-state index contributed by atoms with van der Waals surface area (Å²) in [6, 6.07) is 8.48. The van der Waals surface area contributed by atoms with Crippen LogP contribution in [0, 0.1) is 0 Å². The standard InChI is InChI=1S/C17H19ClN2O4/c1-11(23-14-4-2-3-13(18)9-14)17(22)20-7-5-12(6-8-20)15-10-16(21)19-24-15/h2-4,9-12H,5-8H2,1H3,(H,19,21). The summed E-state index contributed by atoms with van der Waals surface area (Å²) >= 11 is 5.92. The number of rotatable bonds is 4. The molecule has 1 unspecified atom stereocenters. The van der Waals surface area contributed by atoms with Gasteiger partial charge in [0.15, 0.2) is 6.10 Å². The van der Waals surface area contributed by atoms with Gasteiger partial charge in [-0.2, -0.15) is 5.16 Å². The fraction of sp³-hybridized carbons (Fsp3) is 0.412. The largest absolute Gasteiger partial charge is 0.481 e. The predicted molar refractivity (Wildman–Crippen MR) is 89.4 cm³/mol. The number of nitrogens with zero attached hydrogens (tertiary/aromatic N) is 1. The molecular formula is C17H19ClN2O4. The molecule has 2 aromatic rings. The molecule has 1 aliphatic heterocycles. The van der Waals surface area contributed by atoms with Gasteiger partial charge in [-0.3, -0.25) is 9.59 Å². The molecule has 1 atom stereocenters. The van der Waals surface area contributed by atoms with Crippen molar-refractivity contribution in [3.05, 3.63) is 51.5 Å². The van der Waals surface area contributed by atoms with Crippen LogP contribution in [0.3, 0.4) is 0 Å². The second kappa shape index (κ2) is 7.13. The van der Waals surface area contributed by atoms with Crippen molar-refractivity contribution in [2.75, 3.05) is 13.1 Å². The first-order valence-electron chi connectivity index (χ1n) is 7.92. The molecule has 0 saturated carbocycles. The Kier molecular flexibility index (Phi) is 4.94. The lowest BCUT2D eigenvalue weighted by atomic mass is 9.94. The maximum atomic E-state index is 12.5. The van der Waals surface area contributed by atoms with Gasteiger partial charge in [0, 0.05) is 30.1 Å². The Labute approximate surface area is 144 Å². The van der Waals surface area contributed by atoms with E-state index in [0.717, 1.165) is 12.8 Å². The molecule has 2 heterocycles. The van der Waals surface area contributed by atoms with Gasteiger partial charge < -0.3 is 14.2 Å². The van der Waals surface area contributed by atoms with Crippen LogP contribution < -0.4 is 10.3 Å². The molecule has 0 spiro atoms. The lowest BCUT2D eigenvalue weighted by Gasteiger charge is -2.32. The maximum Gasteiger partial charge on any atom is 0.280 e. The number of carbonyl (C=O) groups is 1. The lowest BCUT2D eigenvalue weighted by Crippen LogP contribution is -2.44. The number of nitrogens with one attached hydrogen (secondary N) is 1. The van der Waals surface area contributed by atoms with E-state index in [2.05, 4.69) is 5.16 Å². The van der Waals surface area contributed by atoms with Crippen molar-refractivity contribution in [1.29, 1.82) is 0 Å². The topological polar surface area (TPSA) is 75.5 Å². The van der Waals surface area contributed by atoms with Gasteiger partial charge in [0.05, 0.1) is 0 Å². The van der Waals surface area contributed by atoms with Gasteiger partial charge in [-0.25, -0.2) is 0 Å². The third-order valence-corrected chi connectivity index (χ3v) is 4.44.